The minimum absolute atomic E-state index is 0.0515. The smallest absolute Gasteiger partial charge is 0.317 e. The highest BCUT2D eigenvalue weighted by Crippen LogP contribution is 2.48. The lowest BCUT2D eigenvalue weighted by Crippen LogP contribution is -2.59. The first-order valence-electron chi connectivity index (χ1n) is 20.6. The van der Waals surface area contributed by atoms with Crippen LogP contribution < -0.4 is 5.73 Å². The van der Waals surface area contributed by atoms with Gasteiger partial charge in [-0.15, -0.1) is 10.2 Å². The van der Waals surface area contributed by atoms with Crippen LogP contribution in [0.25, 0.3) is 10.7 Å². The van der Waals surface area contributed by atoms with Gasteiger partial charge in [0.25, 0.3) is 0 Å². The number of likely N-dealkylation sites (N-methyl/N-ethyl adjacent to an activating group) is 1. The second-order valence-corrected chi connectivity index (χ2v) is 18.2. The fourth-order valence-corrected chi connectivity index (χ4v) is 9.97. The molecular weight excluding hydrogens is 797 g/mol. The number of nitrogens with two attached hydrogens (primary N) is 1. The number of rotatable bonds is 10. The number of hydrogen-bond acceptors (Lipinski definition) is 17. The molecule has 3 saturated heterocycles. The molecule has 60 heavy (non-hydrogen) atoms. The molecular formula is C42H62N6O11S. The lowest BCUT2D eigenvalue weighted by atomic mass is 9.67. The molecule has 2 aromatic heterocycles. The van der Waals surface area contributed by atoms with Gasteiger partial charge in [-0.05, 0) is 80.1 Å². The van der Waals surface area contributed by atoms with Crippen molar-refractivity contribution in [2.75, 3.05) is 21.2 Å². The average Bonchev–Trinajstić information content (AvgIpc) is 3.83. The van der Waals surface area contributed by atoms with Crippen LogP contribution in [-0.2, 0) is 47.7 Å². The van der Waals surface area contributed by atoms with Crippen molar-refractivity contribution in [2.24, 2.45) is 46.4 Å². The number of carbonyl (C=O) groups is 4. The van der Waals surface area contributed by atoms with E-state index in [9.17, 15) is 24.3 Å². The molecule has 0 amide bonds. The average molecular weight is 859 g/mol. The van der Waals surface area contributed by atoms with Crippen LogP contribution in [-0.4, -0.2) is 124 Å². The summed E-state index contributed by atoms with van der Waals surface area (Å²) in [5, 5.41) is 25.1. The van der Waals surface area contributed by atoms with E-state index in [4.69, 9.17) is 34.3 Å². The summed E-state index contributed by atoms with van der Waals surface area (Å²) < 4.78 is 31.1. The van der Waals surface area contributed by atoms with E-state index in [0.29, 0.717) is 22.1 Å². The van der Waals surface area contributed by atoms with E-state index < -0.39 is 95.1 Å². The predicted molar refractivity (Wildman–Crippen MR) is 220 cm³/mol. The number of Topliss-reactive ketones (excluding diaryl/α,β-unsaturated/α-hetero) is 2. The van der Waals surface area contributed by atoms with E-state index in [1.54, 1.807) is 60.7 Å². The van der Waals surface area contributed by atoms with Crippen LogP contribution in [0, 0.1) is 35.5 Å². The van der Waals surface area contributed by atoms with E-state index in [1.165, 1.54) is 25.4 Å². The number of esters is 2. The van der Waals surface area contributed by atoms with Crippen LogP contribution >= 0.6 is 11.3 Å². The van der Waals surface area contributed by atoms with E-state index in [0.717, 1.165) is 0 Å². The molecule has 15 atom stereocenters. The number of carbonyl (C=O) groups excluding carboxylic acids is 4. The quantitative estimate of drug-likeness (QED) is 0.113. The molecule has 0 aromatic carbocycles. The van der Waals surface area contributed by atoms with Gasteiger partial charge in [-0.1, -0.05) is 50.3 Å². The molecule has 3 N–H and O–H groups in total. The highest BCUT2D eigenvalue weighted by atomic mass is 32.1. The van der Waals surface area contributed by atoms with Gasteiger partial charge in [0.1, 0.15) is 35.5 Å². The van der Waals surface area contributed by atoms with Crippen molar-refractivity contribution in [3.8, 4) is 10.7 Å². The van der Waals surface area contributed by atoms with Crippen molar-refractivity contribution in [3.63, 3.8) is 0 Å². The Hall–Kier alpha value is -3.94. The molecule has 0 saturated carbocycles. The first-order valence-corrected chi connectivity index (χ1v) is 21.5. The number of methoxy groups -OCH3 is 1. The van der Waals surface area contributed by atoms with Gasteiger partial charge in [-0.2, -0.15) is 0 Å². The van der Waals surface area contributed by atoms with Gasteiger partial charge in [0.05, 0.1) is 17.8 Å². The van der Waals surface area contributed by atoms with E-state index in [-0.39, 0.29) is 36.6 Å². The number of aromatic nitrogens is 3. The maximum atomic E-state index is 14.8. The molecule has 2 aromatic rings. The lowest BCUT2D eigenvalue weighted by Gasteiger charge is -2.47. The minimum Gasteiger partial charge on any atom is -0.458 e. The molecule has 17 nitrogen and oxygen atoms in total. The summed E-state index contributed by atoms with van der Waals surface area (Å²) in [7, 11) is 5.17. The number of nitrogens with zero attached hydrogens (tertiary/aromatic N) is 5. The van der Waals surface area contributed by atoms with Crippen LogP contribution in [0.1, 0.15) is 92.7 Å². The monoisotopic (exact) mass is 858 g/mol. The molecule has 3 aliphatic rings. The first-order chi connectivity index (χ1) is 28.2. The maximum absolute atomic E-state index is 14.8. The van der Waals surface area contributed by atoms with Crippen molar-refractivity contribution in [2.45, 2.75) is 136 Å². The van der Waals surface area contributed by atoms with Gasteiger partial charge in [0, 0.05) is 43.0 Å². The highest BCUT2D eigenvalue weighted by Gasteiger charge is 2.62. The van der Waals surface area contributed by atoms with E-state index in [2.05, 4.69) is 20.3 Å². The number of amidine groups is 1. The van der Waals surface area contributed by atoms with Crippen LogP contribution in [0.4, 0.5) is 0 Å². The van der Waals surface area contributed by atoms with Gasteiger partial charge >= 0.3 is 11.9 Å². The lowest BCUT2D eigenvalue weighted by molar-refractivity contribution is -0.295. The highest BCUT2D eigenvalue weighted by molar-refractivity contribution is 7.14. The fraction of sp³-hybridized carbons (Fsp3) is 0.714. The standard InChI is InChI=1S/C42H62N6O11S/c1-13-28-42(9)30(29(39(53)58-42)35(43)47-59-25(7)36-45-46-37(60-36)26-16-14-15-17-44-26)22(4)31(49)20(2)19-41(8,54-12)34(23(5)32(50)24(6)38(52)56-28)57-40-33(51)27(48(10)11)18-21(3)55-40/h14-17,20-25,27-30,33-34,40,51H,13,18-19H2,1-12H3,(H2,43,47)/t20-,21+,22-,23+,24-,25+,27+,28+,29-,30+,33-,34-,40+,41-,42-/m1/s1. The second-order valence-electron chi connectivity index (χ2n) is 17.2. The molecule has 5 heterocycles. The largest absolute Gasteiger partial charge is 0.458 e. The Morgan fingerprint density at radius 1 is 1.07 bits per heavy atom. The van der Waals surface area contributed by atoms with Gasteiger partial charge < -0.3 is 44.3 Å². The normalized spacial score (nSPS) is 37.9. The number of ether oxygens (including phenoxy) is 5. The number of ketones is 2. The molecule has 0 spiro atoms. The predicted octanol–water partition coefficient (Wildman–Crippen LogP) is 4.12. The fourth-order valence-electron chi connectivity index (χ4n) is 9.18. The molecule has 0 unspecified atom stereocenters. The van der Waals surface area contributed by atoms with Gasteiger partial charge in [-0.25, -0.2) is 0 Å². The third kappa shape index (κ3) is 9.43. The Kier molecular flexibility index (Phi) is 14.9. The van der Waals surface area contributed by atoms with Crippen LogP contribution in [0.3, 0.4) is 0 Å². The maximum Gasteiger partial charge on any atom is 0.317 e. The molecule has 332 valence electrons. The SMILES string of the molecule is CC[C@@H]1OC(=O)[C@H](C)C(=O)[C@H](C)[C@@H](O[C@@H]2O[C@@H](C)C[C@H](N(C)C)[C@H]2O)[C@](C)(OC)C[C@@H](C)C(=O)[C@H](C)[C@H]2[C@H](/C(N)=N/O[C@@H](C)c3nnc(-c4ccccn4)s3)C(=O)O[C@@]21C. The Labute approximate surface area is 356 Å². The number of pyridine rings is 1. The Balaban J connectivity index is 1.51. The summed E-state index contributed by atoms with van der Waals surface area (Å²) in [6.07, 6.45) is -3.03. The Morgan fingerprint density at radius 3 is 2.38 bits per heavy atom. The van der Waals surface area contributed by atoms with E-state index in [1.807, 2.05) is 38.1 Å². The summed E-state index contributed by atoms with van der Waals surface area (Å²) in [5.41, 5.74) is 4.33. The van der Waals surface area contributed by atoms with Crippen molar-refractivity contribution >= 4 is 40.7 Å². The third-order valence-corrected chi connectivity index (χ3v) is 13.8. The van der Waals surface area contributed by atoms with Crippen molar-refractivity contribution in [1.82, 2.24) is 20.1 Å². The van der Waals surface area contributed by atoms with Crippen LogP contribution in [0.2, 0.25) is 0 Å². The summed E-state index contributed by atoms with van der Waals surface area (Å²) in [6.45, 7) is 15.2. The number of aliphatic hydroxyl groups is 1. The second kappa shape index (κ2) is 19.0. The summed E-state index contributed by atoms with van der Waals surface area (Å²) in [4.78, 5) is 69.1. The summed E-state index contributed by atoms with van der Waals surface area (Å²) in [6, 6.07) is 5.14. The van der Waals surface area contributed by atoms with Crippen molar-refractivity contribution in [1.29, 1.82) is 0 Å². The third-order valence-electron chi connectivity index (χ3n) is 12.7. The molecule has 5 rings (SSSR count). The zero-order valence-electron chi connectivity index (χ0n) is 36.7. The van der Waals surface area contributed by atoms with Gasteiger partial charge in [0.2, 0.25) is 0 Å². The number of oxime groups is 1. The molecule has 3 aliphatic heterocycles. The van der Waals surface area contributed by atoms with Crippen LogP contribution in [0.5, 0.6) is 0 Å². The molecule has 3 fully saturated rings. The zero-order valence-corrected chi connectivity index (χ0v) is 37.5. The van der Waals surface area contributed by atoms with Gasteiger partial charge in [0.15, 0.2) is 39.6 Å². The molecule has 0 aliphatic carbocycles. The summed E-state index contributed by atoms with van der Waals surface area (Å²) >= 11 is 1.26. The zero-order chi connectivity index (χ0) is 44.4. The molecule has 0 bridgehead atoms. The Morgan fingerprint density at radius 2 is 1.77 bits per heavy atom. The van der Waals surface area contributed by atoms with Crippen molar-refractivity contribution in [3.05, 3.63) is 29.4 Å². The Bertz CT molecular complexity index is 1880. The molecule has 0 radical (unpaired) electrons. The topological polar surface area (TPSA) is 224 Å². The first kappa shape index (κ1) is 47.1. The number of hydrogen-bond donors (Lipinski definition) is 2. The van der Waals surface area contributed by atoms with Crippen molar-refractivity contribution < 1.29 is 52.8 Å². The van der Waals surface area contributed by atoms with Crippen LogP contribution in [0.15, 0.2) is 29.6 Å². The van der Waals surface area contributed by atoms with E-state index >= 15 is 0 Å². The summed E-state index contributed by atoms with van der Waals surface area (Å²) in [5.74, 6) is -8.88. The number of fused-ring (bicyclic) bond motifs is 1. The minimum atomic E-state index is -1.58. The molecule has 18 heteroatoms. The number of aliphatic hydroxyl groups excluding tert-OH is 1. The number of cyclic esters (lactones) is 1. The van der Waals surface area contributed by atoms with Gasteiger partial charge in [-0.3, -0.25) is 24.2 Å².